The van der Waals surface area contributed by atoms with Gasteiger partial charge < -0.3 is 10.2 Å². The van der Waals surface area contributed by atoms with E-state index in [2.05, 4.69) is 25.3 Å². The molecule has 3 aromatic rings. The molecular weight excluding hydrogens is 412 g/mol. The Morgan fingerprint density at radius 3 is 2.77 bits per heavy atom. The van der Waals surface area contributed by atoms with Crippen molar-refractivity contribution in [1.82, 2.24) is 24.6 Å². The predicted molar refractivity (Wildman–Crippen MR) is 112 cm³/mol. The van der Waals surface area contributed by atoms with Crippen molar-refractivity contribution in [3.63, 3.8) is 0 Å². The first kappa shape index (κ1) is 20.0. The van der Waals surface area contributed by atoms with Crippen LogP contribution in [0.3, 0.4) is 0 Å². The number of nitrogens with one attached hydrogen (secondary N) is 1. The molecule has 0 unspecified atom stereocenters. The second-order valence-electron chi connectivity index (χ2n) is 6.93. The maximum absolute atomic E-state index is 12.4. The van der Waals surface area contributed by atoms with Gasteiger partial charge in [-0.05, 0) is 12.1 Å². The lowest BCUT2D eigenvalue weighted by atomic mass is 10.2. The van der Waals surface area contributed by atoms with E-state index in [0.29, 0.717) is 31.2 Å². The average molecular weight is 431 g/mol. The summed E-state index contributed by atoms with van der Waals surface area (Å²) in [5.74, 6) is 0.497. The molecule has 3 heterocycles. The Labute approximate surface area is 176 Å². The van der Waals surface area contributed by atoms with E-state index in [-0.39, 0.29) is 23.8 Å². The number of anilines is 2. The number of aromatic nitrogens is 4. The Balaban J connectivity index is 1.38. The average Bonchev–Trinajstić information content (AvgIpc) is 3.09. The third kappa shape index (κ3) is 4.02. The van der Waals surface area contributed by atoms with Crippen LogP contribution in [0.1, 0.15) is 0 Å². The third-order valence-electron chi connectivity index (χ3n) is 4.98. The minimum atomic E-state index is -0.550. The number of benzene rings is 1. The van der Waals surface area contributed by atoms with E-state index in [1.165, 1.54) is 24.5 Å². The van der Waals surface area contributed by atoms with Crippen LogP contribution in [0, 0.1) is 10.1 Å². The van der Waals surface area contributed by atoms with Crippen LogP contribution in [0.4, 0.5) is 17.2 Å². The lowest BCUT2D eigenvalue weighted by Crippen LogP contribution is -2.49. The first-order valence-corrected chi connectivity index (χ1v) is 9.64. The molecule has 156 valence electrons. The summed E-state index contributed by atoms with van der Waals surface area (Å²) in [5.41, 5.74) is 0.669. The van der Waals surface area contributed by atoms with Crippen LogP contribution in [0.5, 0.6) is 0 Å². The monoisotopic (exact) mass is 430 g/mol. The van der Waals surface area contributed by atoms with Gasteiger partial charge in [-0.25, -0.2) is 9.97 Å². The minimum Gasteiger partial charge on any atom is -0.353 e. The van der Waals surface area contributed by atoms with Crippen LogP contribution in [0.15, 0.2) is 30.7 Å². The summed E-state index contributed by atoms with van der Waals surface area (Å²) in [6.07, 6.45) is 3.28. The first-order chi connectivity index (χ1) is 14.4. The number of nitro groups is 1. The molecule has 0 radical (unpaired) electrons. The zero-order chi connectivity index (χ0) is 21.3. The summed E-state index contributed by atoms with van der Waals surface area (Å²) in [6, 6.07) is 4.07. The van der Waals surface area contributed by atoms with Gasteiger partial charge in [0.15, 0.2) is 5.65 Å². The van der Waals surface area contributed by atoms with Gasteiger partial charge in [-0.1, -0.05) is 11.6 Å². The van der Waals surface area contributed by atoms with Crippen LogP contribution in [0.25, 0.3) is 11.0 Å². The number of hydrogen-bond acceptors (Lipinski definition) is 8. The van der Waals surface area contributed by atoms with Crippen LogP contribution in [-0.4, -0.2) is 68.2 Å². The van der Waals surface area contributed by atoms with E-state index in [1.807, 2.05) is 11.9 Å². The molecule has 1 aliphatic heterocycles. The van der Waals surface area contributed by atoms with Gasteiger partial charge in [0.25, 0.3) is 5.69 Å². The Morgan fingerprint density at radius 2 is 2.03 bits per heavy atom. The number of aryl methyl sites for hydroxylation is 1. The van der Waals surface area contributed by atoms with Gasteiger partial charge in [-0.2, -0.15) is 5.10 Å². The quantitative estimate of drug-likeness (QED) is 0.479. The number of hydrogen-bond donors (Lipinski definition) is 1. The number of nitro benzene ring substituents is 1. The van der Waals surface area contributed by atoms with Gasteiger partial charge in [-0.15, -0.1) is 0 Å². The van der Waals surface area contributed by atoms with Crippen LogP contribution in [0.2, 0.25) is 5.02 Å². The fraction of sp³-hybridized carbons (Fsp3) is 0.333. The van der Waals surface area contributed by atoms with Crippen LogP contribution < -0.4 is 10.2 Å². The maximum Gasteiger partial charge on any atom is 0.292 e. The summed E-state index contributed by atoms with van der Waals surface area (Å²) in [7, 11) is 1.83. The Kier molecular flexibility index (Phi) is 5.46. The smallest absolute Gasteiger partial charge is 0.292 e. The highest BCUT2D eigenvalue weighted by molar-refractivity contribution is 6.31. The summed E-state index contributed by atoms with van der Waals surface area (Å²) >= 11 is 5.91. The lowest BCUT2D eigenvalue weighted by Gasteiger charge is -2.35. The molecule has 11 nitrogen and oxygen atoms in total. The molecule has 2 aromatic heterocycles. The highest BCUT2D eigenvalue weighted by atomic mass is 35.5. The van der Waals surface area contributed by atoms with Crippen LogP contribution >= 0.6 is 11.6 Å². The van der Waals surface area contributed by atoms with Crippen LogP contribution in [-0.2, 0) is 11.8 Å². The minimum absolute atomic E-state index is 0.0936. The number of rotatable bonds is 5. The summed E-state index contributed by atoms with van der Waals surface area (Å²) in [4.78, 5) is 35.8. The van der Waals surface area contributed by atoms with Gasteiger partial charge in [0.2, 0.25) is 5.91 Å². The van der Waals surface area contributed by atoms with Gasteiger partial charge in [0, 0.05) is 44.3 Å². The fourth-order valence-electron chi connectivity index (χ4n) is 3.48. The number of halogens is 1. The highest BCUT2D eigenvalue weighted by Crippen LogP contribution is 2.28. The van der Waals surface area contributed by atoms with Gasteiger partial charge in [0.05, 0.1) is 23.1 Å². The molecule has 0 saturated carbocycles. The zero-order valence-corrected chi connectivity index (χ0v) is 16.9. The molecule has 0 spiro atoms. The van der Waals surface area contributed by atoms with Gasteiger partial charge in [-0.3, -0.25) is 24.5 Å². The summed E-state index contributed by atoms with van der Waals surface area (Å²) in [5, 5.41) is 19.2. The Hall–Kier alpha value is -3.31. The number of amides is 1. The van der Waals surface area contributed by atoms with E-state index in [4.69, 9.17) is 11.6 Å². The van der Waals surface area contributed by atoms with Crippen molar-refractivity contribution >= 4 is 45.7 Å². The molecule has 30 heavy (non-hydrogen) atoms. The topological polar surface area (TPSA) is 122 Å². The fourth-order valence-corrected chi connectivity index (χ4v) is 3.65. The van der Waals surface area contributed by atoms with E-state index < -0.39 is 4.92 Å². The molecule has 1 saturated heterocycles. The molecule has 1 aromatic carbocycles. The molecular formula is C18H19ClN8O3. The number of carbonyl (C=O) groups is 1. The molecule has 1 amide bonds. The van der Waals surface area contributed by atoms with Gasteiger partial charge >= 0.3 is 0 Å². The van der Waals surface area contributed by atoms with Crippen molar-refractivity contribution in [2.75, 3.05) is 42.9 Å². The number of carbonyl (C=O) groups excluding carboxylic acids is 1. The number of piperazine rings is 1. The second kappa shape index (κ2) is 8.20. The standard InChI is InChI=1S/C18H19ClN8O3/c1-24-17-13(9-22-24)18(21-11-20-17)26-6-4-25(5-7-26)10-16(28)23-14-8-12(19)2-3-15(14)27(29)30/h2-3,8-9,11H,4-7,10H2,1H3,(H,23,28). The number of fused-ring (bicyclic) bond motifs is 1. The van der Waals surface area contributed by atoms with Crippen molar-refractivity contribution in [2.45, 2.75) is 0 Å². The SMILES string of the molecule is Cn1ncc2c(N3CCN(CC(=O)Nc4cc(Cl)ccc4[N+](=O)[O-])CC3)ncnc21. The van der Waals surface area contributed by atoms with E-state index in [1.54, 1.807) is 10.9 Å². The van der Waals surface area contributed by atoms with Gasteiger partial charge in [0.1, 0.15) is 17.8 Å². The molecule has 12 heteroatoms. The molecule has 1 fully saturated rings. The second-order valence-corrected chi connectivity index (χ2v) is 7.37. The summed E-state index contributed by atoms with van der Waals surface area (Å²) < 4.78 is 1.70. The maximum atomic E-state index is 12.4. The van der Waals surface area contributed by atoms with E-state index >= 15 is 0 Å². The van der Waals surface area contributed by atoms with Crippen molar-refractivity contribution in [1.29, 1.82) is 0 Å². The molecule has 1 aliphatic rings. The van der Waals surface area contributed by atoms with Crippen molar-refractivity contribution in [3.8, 4) is 0 Å². The van der Waals surface area contributed by atoms with Crippen molar-refractivity contribution in [3.05, 3.63) is 45.9 Å². The first-order valence-electron chi connectivity index (χ1n) is 9.26. The molecule has 1 N–H and O–H groups in total. The lowest BCUT2D eigenvalue weighted by molar-refractivity contribution is -0.383. The Morgan fingerprint density at radius 1 is 1.27 bits per heavy atom. The zero-order valence-electron chi connectivity index (χ0n) is 16.2. The predicted octanol–water partition coefficient (Wildman–Crippen LogP) is 1.69. The molecule has 0 atom stereocenters. The van der Waals surface area contributed by atoms with E-state index in [0.717, 1.165) is 16.9 Å². The highest BCUT2D eigenvalue weighted by Gasteiger charge is 2.23. The van der Waals surface area contributed by atoms with Crippen molar-refractivity contribution < 1.29 is 9.72 Å². The van der Waals surface area contributed by atoms with Crippen molar-refractivity contribution in [2.24, 2.45) is 7.05 Å². The molecule has 0 aliphatic carbocycles. The Bertz CT molecular complexity index is 1110. The summed E-state index contributed by atoms with van der Waals surface area (Å²) in [6.45, 7) is 2.80. The largest absolute Gasteiger partial charge is 0.353 e. The number of nitrogens with zero attached hydrogens (tertiary/aromatic N) is 7. The normalized spacial score (nSPS) is 14.8. The molecule has 0 bridgehead atoms. The van der Waals surface area contributed by atoms with E-state index in [9.17, 15) is 14.9 Å². The third-order valence-corrected chi connectivity index (χ3v) is 5.21. The molecule has 4 rings (SSSR count).